The van der Waals surface area contributed by atoms with Gasteiger partial charge in [-0.2, -0.15) is 0 Å². The summed E-state index contributed by atoms with van der Waals surface area (Å²) in [6, 6.07) is 42.5. The zero-order valence-electron chi connectivity index (χ0n) is 21.5. The first-order valence-corrected chi connectivity index (χ1v) is 13.4. The van der Waals surface area contributed by atoms with E-state index in [4.69, 9.17) is 0 Å². The summed E-state index contributed by atoms with van der Waals surface area (Å²) in [4.78, 5) is 2.34. The van der Waals surface area contributed by atoms with Crippen molar-refractivity contribution in [3.63, 3.8) is 0 Å². The molecule has 7 rings (SSSR count). The van der Waals surface area contributed by atoms with Crippen molar-refractivity contribution in [2.75, 3.05) is 4.90 Å². The van der Waals surface area contributed by atoms with E-state index in [0.717, 1.165) is 6.42 Å². The number of rotatable bonds is 4. The summed E-state index contributed by atoms with van der Waals surface area (Å²) in [7, 11) is 0. The van der Waals surface area contributed by atoms with Gasteiger partial charge in [0.2, 0.25) is 0 Å². The predicted molar refractivity (Wildman–Crippen MR) is 155 cm³/mol. The molecule has 0 N–H and O–H groups in total. The Morgan fingerprint density at radius 1 is 0.622 bits per heavy atom. The van der Waals surface area contributed by atoms with E-state index in [9.17, 15) is 0 Å². The lowest BCUT2D eigenvalue weighted by molar-refractivity contribution is 0.531. The standard InChI is InChI=1S/C36H31N/c1-24-13-19-32-33-20-14-25(2)30-21-22-31(36(35(30)33)34(32)23-24)26-15-17-29(18-16-26)37(27-9-5-3-6-10-27)28-11-7-4-8-12-28/h3-20,23,31,36H,21-22H2,1-2H3. The number of anilines is 3. The molecule has 0 saturated heterocycles. The molecule has 37 heavy (non-hydrogen) atoms. The number of nitrogens with zero attached hydrogens (tertiary/aromatic N) is 1. The maximum Gasteiger partial charge on any atom is 0.0461 e. The molecular weight excluding hydrogens is 446 g/mol. The largest absolute Gasteiger partial charge is 0.311 e. The first-order valence-electron chi connectivity index (χ1n) is 13.4. The molecule has 0 spiro atoms. The molecule has 0 amide bonds. The molecule has 1 heteroatoms. The highest BCUT2D eigenvalue weighted by molar-refractivity contribution is 5.82. The van der Waals surface area contributed by atoms with Gasteiger partial charge < -0.3 is 4.90 Å². The van der Waals surface area contributed by atoms with Gasteiger partial charge in [-0.25, -0.2) is 0 Å². The predicted octanol–water partition coefficient (Wildman–Crippen LogP) is 9.62. The van der Waals surface area contributed by atoms with Crippen LogP contribution in [0.25, 0.3) is 11.1 Å². The average molecular weight is 478 g/mol. The van der Waals surface area contributed by atoms with E-state index < -0.39 is 0 Å². The van der Waals surface area contributed by atoms with Gasteiger partial charge in [0.25, 0.3) is 0 Å². The maximum absolute atomic E-state index is 2.44. The summed E-state index contributed by atoms with van der Waals surface area (Å²) in [5.74, 6) is 0.936. The molecule has 5 aromatic rings. The van der Waals surface area contributed by atoms with Crippen molar-refractivity contribution >= 4 is 17.1 Å². The van der Waals surface area contributed by atoms with Gasteiger partial charge in [-0.05, 0) is 108 Å². The van der Waals surface area contributed by atoms with Gasteiger partial charge in [0.1, 0.15) is 0 Å². The molecule has 180 valence electrons. The van der Waals surface area contributed by atoms with Gasteiger partial charge in [0.05, 0.1) is 0 Å². The Kier molecular flexibility index (Phi) is 5.25. The highest BCUT2D eigenvalue weighted by atomic mass is 15.1. The summed E-state index contributed by atoms with van der Waals surface area (Å²) >= 11 is 0. The Balaban J connectivity index is 1.31. The molecule has 0 fully saturated rings. The fraction of sp³-hybridized carbons (Fsp3) is 0.167. The lowest BCUT2D eigenvalue weighted by Crippen LogP contribution is -2.19. The summed E-state index contributed by atoms with van der Waals surface area (Å²) in [6.07, 6.45) is 2.35. The first kappa shape index (κ1) is 22.1. The van der Waals surface area contributed by atoms with Crippen molar-refractivity contribution in [1.29, 1.82) is 0 Å². The van der Waals surface area contributed by atoms with Crippen molar-refractivity contribution in [2.24, 2.45) is 0 Å². The number of hydrogen-bond acceptors (Lipinski definition) is 1. The lowest BCUT2D eigenvalue weighted by atomic mass is 9.70. The number of fused-ring (bicyclic) bond motifs is 3. The molecule has 0 bridgehead atoms. The van der Waals surface area contributed by atoms with Crippen molar-refractivity contribution in [2.45, 2.75) is 38.5 Å². The Hall–Kier alpha value is -4.10. The van der Waals surface area contributed by atoms with E-state index in [-0.39, 0.29) is 0 Å². The highest BCUT2D eigenvalue weighted by Gasteiger charge is 2.40. The van der Waals surface area contributed by atoms with Gasteiger partial charge in [-0.15, -0.1) is 0 Å². The van der Waals surface area contributed by atoms with Crippen molar-refractivity contribution < 1.29 is 0 Å². The van der Waals surface area contributed by atoms with Crippen LogP contribution in [0.4, 0.5) is 17.1 Å². The van der Waals surface area contributed by atoms with Crippen LogP contribution in [0, 0.1) is 13.8 Å². The van der Waals surface area contributed by atoms with E-state index in [0.29, 0.717) is 11.8 Å². The van der Waals surface area contributed by atoms with Gasteiger partial charge in [0.15, 0.2) is 0 Å². The van der Waals surface area contributed by atoms with Crippen molar-refractivity contribution in [3.8, 4) is 11.1 Å². The van der Waals surface area contributed by atoms with E-state index in [1.54, 1.807) is 11.1 Å². The van der Waals surface area contributed by atoms with Gasteiger partial charge in [0, 0.05) is 23.0 Å². The molecule has 2 aliphatic carbocycles. The first-order chi connectivity index (χ1) is 18.2. The summed E-state index contributed by atoms with van der Waals surface area (Å²) in [5, 5.41) is 0. The van der Waals surface area contributed by atoms with Crippen LogP contribution < -0.4 is 4.90 Å². The average Bonchev–Trinajstić information content (AvgIpc) is 3.27. The molecule has 0 saturated carbocycles. The fourth-order valence-corrected chi connectivity index (χ4v) is 6.75. The SMILES string of the molecule is Cc1ccc2c(c1)C1c3c-2ccc(C)c3CCC1c1ccc(N(c2ccccc2)c2ccccc2)cc1. The second-order valence-corrected chi connectivity index (χ2v) is 10.6. The summed E-state index contributed by atoms with van der Waals surface area (Å²) < 4.78 is 0. The second-order valence-electron chi connectivity index (χ2n) is 10.6. The Morgan fingerprint density at radius 3 is 1.92 bits per heavy atom. The van der Waals surface area contributed by atoms with E-state index in [2.05, 4.69) is 134 Å². The molecule has 0 aliphatic heterocycles. The third kappa shape index (κ3) is 3.61. The topological polar surface area (TPSA) is 3.24 Å². The van der Waals surface area contributed by atoms with Crippen LogP contribution in [-0.4, -0.2) is 0 Å². The van der Waals surface area contributed by atoms with Crippen LogP contribution in [0.1, 0.15) is 51.6 Å². The molecule has 5 aromatic carbocycles. The van der Waals surface area contributed by atoms with Crippen molar-refractivity contribution in [1.82, 2.24) is 0 Å². The summed E-state index contributed by atoms with van der Waals surface area (Å²) in [6.45, 7) is 4.52. The van der Waals surface area contributed by atoms with Crippen LogP contribution in [0.2, 0.25) is 0 Å². The molecular formula is C36H31N. The van der Waals surface area contributed by atoms with Crippen LogP contribution in [0.5, 0.6) is 0 Å². The van der Waals surface area contributed by atoms with Gasteiger partial charge >= 0.3 is 0 Å². The van der Waals surface area contributed by atoms with Gasteiger partial charge in [-0.1, -0.05) is 84.4 Å². The Morgan fingerprint density at radius 2 is 1.24 bits per heavy atom. The molecule has 2 unspecified atom stereocenters. The second kappa shape index (κ2) is 8.78. The molecule has 0 heterocycles. The lowest BCUT2D eigenvalue weighted by Gasteiger charge is -2.33. The smallest absolute Gasteiger partial charge is 0.0461 e. The van der Waals surface area contributed by atoms with E-state index in [1.165, 1.54) is 56.9 Å². The third-order valence-corrected chi connectivity index (χ3v) is 8.45. The van der Waals surface area contributed by atoms with E-state index in [1.807, 2.05) is 0 Å². The quantitative estimate of drug-likeness (QED) is 0.249. The van der Waals surface area contributed by atoms with Crippen molar-refractivity contribution in [3.05, 3.63) is 149 Å². The third-order valence-electron chi connectivity index (χ3n) is 8.45. The molecule has 0 aromatic heterocycles. The highest BCUT2D eigenvalue weighted by Crippen LogP contribution is 2.57. The Bertz CT molecular complexity index is 1540. The molecule has 1 nitrogen and oxygen atoms in total. The van der Waals surface area contributed by atoms with Crippen LogP contribution >= 0.6 is 0 Å². The number of benzene rings is 5. The maximum atomic E-state index is 2.44. The summed E-state index contributed by atoms with van der Waals surface area (Å²) in [5.41, 5.74) is 15.4. The molecule has 2 atom stereocenters. The molecule has 0 radical (unpaired) electrons. The zero-order valence-corrected chi connectivity index (χ0v) is 21.5. The van der Waals surface area contributed by atoms with Crippen LogP contribution in [0.15, 0.2) is 115 Å². The van der Waals surface area contributed by atoms with Gasteiger partial charge in [-0.3, -0.25) is 0 Å². The monoisotopic (exact) mass is 477 g/mol. The zero-order chi connectivity index (χ0) is 24.9. The normalized spacial score (nSPS) is 17.2. The van der Waals surface area contributed by atoms with Crippen LogP contribution in [0.3, 0.4) is 0 Å². The number of aryl methyl sites for hydroxylation is 2. The van der Waals surface area contributed by atoms with E-state index >= 15 is 0 Å². The molecule has 2 aliphatic rings. The number of para-hydroxylation sites is 2. The van der Waals surface area contributed by atoms with Crippen LogP contribution in [-0.2, 0) is 6.42 Å². The fourth-order valence-electron chi connectivity index (χ4n) is 6.75. The number of hydrogen-bond donors (Lipinski definition) is 0. The Labute approximate surface area is 220 Å². The minimum absolute atomic E-state index is 0.443. The minimum Gasteiger partial charge on any atom is -0.311 e. The minimum atomic E-state index is 0.443.